The van der Waals surface area contributed by atoms with E-state index in [1.165, 1.54) is 20.3 Å². The Balaban J connectivity index is 2.75. The predicted molar refractivity (Wildman–Crippen MR) is 58.4 cm³/mol. The van der Waals surface area contributed by atoms with Crippen molar-refractivity contribution in [3.05, 3.63) is 23.8 Å². The van der Waals surface area contributed by atoms with Crippen molar-refractivity contribution in [1.29, 1.82) is 0 Å². The third-order valence-corrected chi connectivity index (χ3v) is 2.20. The molecule has 16 heavy (non-hydrogen) atoms. The molecular weight excluding hydrogens is 210 g/mol. The van der Waals surface area contributed by atoms with Crippen molar-refractivity contribution in [1.82, 2.24) is 0 Å². The van der Waals surface area contributed by atoms with Crippen LogP contribution in [-0.2, 0) is 16.0 Å². The Morgan fingerprint density at radius 2 is 2.19 bits per heavy atom. The van der Waals surface area contributed by atoms with E-state index in [1.54, 1.807) is 12.1 Å². The highest BCUT2D eigenvalue weighted by Gasteiger charge is 2.15. The number of methoxy groups -OCH3 is 2. The number of hydrogen-bond acceptors (Lipinski definition) is 5. The monoisotopic (exact) mass is 225 g/mol. The second-order valence-corrected chi connectivity index (χ2v) is 3.34. The standard InChI is InChI=1S/C11H15NO4/c1-15-10-4-3-7(6-9(10)13)5-8(12)11(14)16-2/h3-4,6,8,13H,5,12H2,1-2H3. The summed E-state index contributed by atoms with van der Waals surface area (Å²) in [6.45, 7) is 0. The molecule has 5 nitrogen and oxygen atoms in total. The first-order valence-corrected chi connectivity index (χ1v) is 4.77. The molecule has 1 unspecified atom stereocenters. The molecule has 0 aliphatic rings. The first-order chi connectivity index (χ1) is 7.58. The molecule has 1 aromatic rings. The molecule has 0 aromatic heterocycles. The molecule has 0 saturated carbocycles. The Morgan fingerprint density at radius 1 is 1.50 bits per heavy atom. The fourth-order valence-electron chi connectivity index (χ4n) is 1.35. The van der Waals surface area contributed by atoms with Crippen molar-refractivity contribution in [2.24, 2.45) is 5.73 Å². The molecule has 0 spiro atoms. The highest BCUT2D eigenvalue weighted by Crippen LogP contribution is 2.26. The molecule has 0 saturated heterocycles. The third-order valence-electron chi connectivity index (χ3n) is 2.20. The van der Waals surface area contributed by atoms with E-state index in [-0.39, 0.29) is 5.75 Å². The lowest BCUT2D eigenvalue weighted by Crippen LogP contribution is -2.33. The summed E-state index contributed by atoms with van der Waals surface area (Å²) < 4.78 is 9.41. The van der Waals surface area contributed by atoms with Crippen LogP contribution < -0.4 is 10.5 Å². The second-order valence-electron chi connectivity index (χ2n) is 3.34. The van der Waals surface area contributed by atoms with Gasteiger partial charge in [-0.15, -0.1) is 0 Å². The number of carbonyl (C=O) groups is 1. The van der Waals surface area contributed by atoms with Gasteiger partial charge in [0.15, 0.2) is 11.5 Å². The largest absolute Gasteiger partial charge is 0.504 e. The van der Waals surface area contributed by atoms with Crippen LogP contribution in [0.5, 0.6) is 11.5 Å². The van der Waals surface area contributed by atoms with Gasteiger partial charge in [0.2, 0.25) is 0 Å². The maximum Gasteiger partial charge on any atom is 0.322 e. The van der Waals surface area contributed by atoms with Crippen molar-refractivity contribution in [2.75, 3.05) is 14.2 Å². The van der Waals surface area contributed by atoms with Gasteiger partial charge in [0.05, 0.1) is 14.2 Å². The van der Waals surface area contributed by atoms with E-state index in [2.05, 4.69) is 4.74 Å². The van der Waals surface area contributed by atoms with Crippen molar-refractivity contribution in [3.63, 3.8) is 0 Å². The van der Waals surface area contributed by atoms with Gasteiger partial charge in [0.25, 0.3) is 0 Å². The van der Waals surface area contributed by atoms with Gasteiger partial charge < -0.3 is 20.3 Å². The molecule has 0 heterocycles. The van der Waals surface area contributed by atoms with Gasteiger partial charge in [0.1, 0.15) is 6.04 Å². The molecule has 1 rings (SSSR count). The quantitative estimate of drug-likeness (QED) is 0.727. The molecule has 1 aromatic carbocycles. The van der Waals surface area contributed by atoms with Crippen LogP contribution in [0.1, 0.15) is 5.56 Å². The summed E-state index contributed by atoms with van der Waals surface area (Å²) in [7, 11) is 2.75. The van der Waals surface area contributed by atoms with E-state index in [9.17, 15) is 9.90 Å². The van der Waals surface area contributed by atoms with Gasteiger partial charge in [0, 0.05) is 0 Å². The van der Waals surface area contributed by atoms with E-state index in [4.69, 9.17) is 10.5 Å². The lowest BCUT2D eigenvalue weighted by molar-refractivity contribution is -0.142. The molecule has 0 radical (unpaired) electrons. The van der Waals surface area contributed by atoms with Crippen LogP contribution in [-0.4, -0.2) is 31.3 Å². The molecule has 0 amide bonds. The average molecular weight is 225 g/mol. The summed E-state index contributed by atoms with van der Waals surface area (Å²) >= 11 is 0. The lowest BCUT2D eigenvalue weighted by atomic mass is 10.1. The van der Waals surface area contributed by atoms with Crippen LogP contribution in [0.2, 0.25) is 0 Å². The first kappa shape index (κ1) is 12.3. The fourth-order valence-corrected chi connectivity index (χ4v) is 1.35. The van der Waals surface area contributed by atoms with E-state index in [0.29, 0.717) is 12.2 Å². The van der Waals surface area contributed by atoms with Crippen LogP contribution in [0.15, 0.2) is 18.2 Å². The maximum atomic E-state index is 11.1. The number of nitrogens with two attached hydrogens (primary N) is 1. The Bertz CT molecular complexity index is 378. The summed E-state index contributed by atoms with van der Waals surface area (Å²) in [5.41, 5.74) is 6.34. The topological polar surface area (TPSA) is 81.8 Å². The molecule has 0 bridgehead atoms. The van der Waals surface area contributed by atoms with Crippen LogP contribution in [0, 0.1) is 0 Å². The van der Waals surface area contributed by atoms with Crippen LogP contribution in [0.3, 0.4) is 0 Å². The number of carbonyl (C=O) groups excluding carboxylic acids is 1. The average Bonchev–Trinajstić information content (AvgIpc) is 2.28. The summed E-state index contributed by atoms with van der Waals surface area (Å²) in [6.07, 6.45) is 0.310. The zero-order chi connectivity index (χ0) is 12.1. The van der Waals surface area contributed by atoms with Crippen molar-refractivity contribution in [3.8, 4) is 11.5 Å². The highest BCUT2D eigenvalue weighted by atomic mass is 16.5. The number of benzene rings is 1. The first-order valence-electron chi connectivity index (χ1n) is 4.77. The van der Waals surface area contributed by atoms with Gasteiger partial charge >= 0.3 is 5.97 Å². The van der Waals surface area contributed by atoms with Crippen LogP contribution >= 0.6 is 0 Å². The number of hydrogen-bond donors (Lipinski definition) is 2. The van der Waals surface area contributed by atoms with E-state index in [0.717, 1.165) is 5.56 Å². The van der Waals surface area contributed by atoms with E-state index < -0.39 is 12.0 Å². The smallest absolute Gasteiger partial charge is 0.322 e. The zero-order valence-electron chi connectivity index (χ0n) is 9.27. The Hall–Kier alpha value is -1.75. The van der Waals surface area contributed by atoms with E-state index in [1.807, 2.05) is 0 Å². The lowest BCUT2D eigenvalue weighted by Gasteiger charge is -2.10. The summed E-state index contributed by atoms with van der Waals surface area (Å²) in [4.78, 5) is 11.1. The van der Waals surface area contributed by atoms with Crippen molar-refractivity contribution < 1.29 is 19.4 Å². The second kappa shape index (κ2) is 5.37. The summed E-state index contributed by atoms with van der Waals surface area (Å²) in [5, 5.41) is 9.52. The van der Waals surface area contributed by atoms with Crippen molar-refractivity contribution >= 4 is 5.97 Å². The van der Waals surface area contributed by atoms with Gasteiger partial charge in [-0.05, 0) is 24.1 Å². The molecule has 0 aliphatic carbocycles. The van der Waals surface area contributed by atoms with Gasteiger partial charge in [-0.1, -0.05) is 6.07 Å². The Labute approximate surface area is 93.8 Å². The molecule has 1 atom stereocenters. The molecule has 0 aliphatic heterocycles. The van der Waals surface area contributed by atoms with Crippen LogP contribution in [0.4, 0.5) is 0 Å². The number of ether oxygens (including phenoxy) is 2. The highest BCUT2D eigenvalue weighted by molar-refractivity contribution is 5.75. The number of phenols is 1. The SMILES string of the molecule is COC(=O)C(N)Cc1ccc(OC)c(O)c1. The minimum Gasteiger partial charge on any atom is -0.504 e. The van der Waals surface area contributed by atoms with Crippen molar-refractivity contribution in [2.45, 2.75) is 12.5 Å². The molecule has 3 N–H and O–H groups in total. The normalized spacial score (nSPS) is 11.9. The summed E-state index contributed by atoms with van der Waals surface area (Å²) in [6, 6.07) is 4.15. The maximum absolute atomic E-state index is 11.1. The molecule has 88 valence electrons. The summed E-state index contributed by atoms with van der Waals surface area (Å²) in [5.74, 6) is -0.0669. The number of aromatic hydroxyl groups is 1. The predicted octanol–water partition coefficient (Wildman–Crippen LogP) is 0.444. The number of rotatable bonds is 4. The van der Waals surface area contributed by atoms with Gasteiger partial charge in [-0.25, -0.2) is 0 Å². The molecule has 5 heteroatoms. The van der Waals surface area contributed by atoms with Gasteiger partial charge in [-0.3, -0.25) is 4.79 Å². The minimum atomic E-state index is -0.724. The van der Waals surface area contributed by atoms with E-state index >= 15 is 0 Å². The van der Waals surface area contributed by atoms with Gasteiger partial charge in [-0.2, -0.15) is 0 Å². The minimum absolute atomic E-state index is 0.0251. The Morgan fingerprint density at radius 3 is 2.69 bits per heavy atom. The zero-order valence-corrected chi connectivity index (χ0v) is 9.27. The Kier molecular flexibility index (Phi) is 4.13. The molecule has 0 fully saturated rings. The third kappa shape index (κ3) is 2.87. The number of esters is 1. The molecular formula is C11H15NO4. The number of phenolic OH excluding ortho intramolecular Hbond substituents is 1. The van der Waals surface area contributed by atoms with Crippen LogP contribution in [0.25, 0.3) is 0 Å². The fraction of sp³-hybridized carbons (Fsp3) is 0.364.